The molecule has 158 valence electrons. The molecular formula is C26H22N4O2. The lowest BCUT2D eigenvalue weighted by Gasteiger charge is -2.30. The Morgan fingerprint density at radius 3 is 2.53 bits per heavy atom. The lowest BCUT2D eigenvalue weighted by Crippen LogP contribution is -2.38. The summed E-state index contributed by atoms with van der Waals surface area (Å²) >= 11 is 0. The molecule has 0 unspecified atom stereocenters. The van der Waals surface area contributed by atoms with E-state index in [0.717, 1.165) is 33.9 Å². The number of aromatic nitrogens is 2. The van der Waals surface area contributed by atoms with Crippen LogP contribution in [0, 0.1) is 6.92 Å². The minimum Gasteiger partial charge on any atom is -0.482 e. The van der Waals surface area contributed by atoms with Crippen molar-refractivity contribution in [3.05, 3.63) is 96.4 Å². The fraction of sp³-hybridized carbons (Fsp3) is 0.115. The molecule has 4 aromatic rings. The Morgan fingerprint density at radius 2 is 1.72 bits per heavy atom. The van der Waals surface area contributed by atoms with Gasteiger partial charge in [-0.25, -0.2) is 4.98 Å². The molecule has 1 aliphatic rings. The maximum Gasteiger partial charge on any atom is 0.265 e. The number of rotatable bonds is 5. The molecule has 0 atom stereocenters. The van der Waals surface area contributed by atoms with Gasteiger partial charge >= 0.3 is 0 Å². The average Bonchev–Trinajstić information content (AvgIpc) is 2.83. The molecule has 3 heterocycles. The molecule has 6 nitrogen and oxygen atoms in total. The number of ether oxygens (including phenoxy) is 1. The molecule has 0 aliphatic carbocycles. The van der Waals surface area contributed by atoms with E-state index in [4.69, 9.17) is 4.74 Å². The fourth-order valence-corrected chi connectivity index (χ4v) is 3.69. The Morgan fingerprint density at radius 1 is 0.938 bits per heavy atom. The van der Waals surface area contributed by atoms with Gasteiger partial charge in [0.2, 0.25) is 0 Å². The zero-order valence-electron chi connectivity index (χ0n) is 17.7. The first kappa shape index (κ1) is 19.8. The van der Waals surface area contributed by atoms with Gasteiger partial charge in [-0.2, -0.15) is 0 Å². The van der Waals surface area contributed by atoms with Gasteiger partial charge in [-0.3, -0.25) is 9.78 Å². The number of hydrogen-bond donors (Lipinski definition) is 1. The molecule has 1 amide bonds. The van der Waals surface area contributed by atoms with Crippen LogP contribution in [0.4, 0.5) is 17.2 Å². The lowest BCUT2D eigenvalue weighted by molar-refractivity contribution is -0.121. The molecule has 32 heavy (non-hydrogen) atoms. The highest BCUT2D eigenvalue weighted by Crippen LogP contribution is 2.37. The van der Waals surface area contributed by atoms with Gasteiger partial charge in [-0.1, -0.05) is 23.8 Å². The molecule has 1 aliphatic heterocycles. The first-order valence-corrected chi connectivity index (χ1v) is 10.4. The number of anilines is 3. The largest absolute Gasteiger partial charge is 0.482 e. The summed E-state index contributed by atoms with van der Waals surface area (Å²) in [5, 5.41) is 3.35. The van der Waals surface area contributed by atoms with Gasteiger partial charge in [-0.05, 0) is 72.1 Å². The second-order valence-electron chi connectivity index (χ2n) is 7.73. The number of hydrogen-bond acceptors (Lipinski definition) is 5. The van der Waals surface area contributed by atoms with Crippen LogP contribution in [0.5, 0.6) is 5.75 Å². The number of benzene rings is 2. The highest BCUT2D eigenvalue weighted by atomic mass is 16.5. The van der Waals surface area contributed by atoms with E-state index >= 15 is 0 Å². The molecule has 6 heteroatoms. The smallest absolute Gasteiger partial charge is 0.265 e. The SMILES string of the molecule is Cc1ccc(Nc2cc(-c3ccc4c(c3)N(Cc3ccncc3)C(=O)CO4)ccn2)cc1. The van der Waals surface area contributed by atoms with Crippen LogP contribution in [0.15, 0.2) is 85.3 Å². The second-order valence-corrected chi connectivity index (χ2v) is 7.73. The van der Waals surface area contributed by atoms with Crippen molar-refractivity contribution in [3.63, 3.8) is 0 Å². The summed E-state index contributed by atoms with van der Waals surface area (Å²) in [6.45, 7) is 2.57. The predicted molar refractivity (Wildman–Crippen MR) is 125 cm³/mol. The van der Waals surface area contributed by atoms with Crippen LogP contribution in [-0.4, -0.2) is 22.5 Å². The number of carbonyl (C=O) groups excluding carboxylic acids is 1. The van der Waals surface area contributed by atoms with Crippen molar-refractivity contribution in [1.29, 1.82) is 0 Å². The van der Waals surface area contributed by atoms with E-state index in [1.165, 1.54) is 5.56 Å². The summed E-state index contributed by atoms with van der Waals surface area (Å²) in [5.74, 6) is 1.39. The van der Waals surface area contributed by atoms with Crippen LogP contribution >= 0.6 is 0 Å². The maximum absolute atomic E-state index is 12.7. The molecule has 0 saturated heterocycles. The molecule has 2 aromatic heterocycles. The summed E-state index contributed by atoms with van der Waals surface area (Å²) in [5.41, 5.74) is 5.95. The zero-order valence-corrected chi connectivity index (χ0v) is 17.7. The van der Waals surface area contributed by atoms with Gasteiger partial charge in [0.25, 0.3) is 5.91 Å². The zero-order chi connectivity index (χ0) is 21.9. The van der Waals surface area contributed by atoms with Crippen molar-refractivity contribution in [2.75, 3.05) is 16.8 Å². The van der Waals surface area contributed by atoms with Gasteiger partial charge in [-0.15, -0.1) is 0 Å². The Labute approximate surface area is 186 Å². The van der Waals surface area contributed by atoms with Gasteiger partial charge in [0.15, 0.2) is 6.61 Å². The van der Waals surface area contributed by atoms with Crippen molar-refractivity contribution >= 4 is 23.1 Å². The molecule has 5 rings (SSSR count). The van der Waals surface area contributed by atoms with Gasteiger partial charge in [0.05, 0.1) is 12.2 Å². The minimum atomic E-state index is -0.0667. The fourth-order valence-electron chi connectivity index (χ4n) is 3.69. The van der Waals surface area contributed by atoms with Crippen molar-refractivity contribution in [2.45, 2.75) is 13.5 Å². The third-order valence-corrected chi connectivity index (χ3v) is 5.41. The molecule has 0 fully saturated rings. The molecule has 0 spiro atoms. The number of amides is 1. The van der Waals surface area contributed by atoms with Crippen LogP contribution in [0.1, 0.15) is 11.1 Å². The standard InChI is InChI=1S/C26H22N4O2/c1-18-2-5-22(6-3-18)29-25-15-21(10-13-28-25)20-4-7-24-23(14-20)30(26(31)17-32-24)16-19-8-11-27-12-9-19/h2-15H,16-17H2,1H3,(H,28,29). The average molecular weight is 422 g/mol. The third kappa shape index (κ3) is 4.16. The lowest BCUT2D eigenvalue weighted by atomic mass is 10.0. The second kappa shape index (κ2) is 8.51. The summed E-state index contributed by atoms with van der Waals surface area (Å²) < 4.78 is 5.68. The Kier molecular flexibility index (Phi) is 5.25. The van der Waals surface area contributed by atoms with E-state index in [-0.39, 0.29) is 12.5 Å². The van der Waals surface area contributed by atoms with Crippen molar-refractivity contribution in [2.24, 2.45) is 0 Å². The van der Waals surface area contributed by atoms with Crippen LogP contribution in [0.3, 0.4) is 0 Å². The van der Waals surface area contributed by atoms with E-state index in [9.17, 15) is 4.79 Å². The summed E-state index contributed by atoms with van der Waals surface area (Å²) in [6.07, 6.45) is 5.25. The number of nitrogens with one attached hydrogen (secondary N) is 1. The Hall–Kier alpha value is -4.19. The van der Waals surface area contributed by atoms with E-state index in [2.05, 4.69) is 34.3 Å². The van der Waals surface area contributed by atoms with Crippen molar-refractivity contribution < 1.29 is 9.53 Å². The number of fused-ring (bicyclic) bond motifs is 1. The first-order valence-electron chi connectivity index (χ1n) is 10.4. The molecule has 0 radical (unpaired) electrons. The number of aryl methyl sites for hydroxylation is 1. The van der Waals surface area contributed by atoms with Crippen LogP contribution in [0.25, 0.3) is 11.1 Å². The van der Waals surface area contributed by atoms with Crippen LogP contribution < -0.4 is 15.0 Å². The quantitative estimate of drug-likeness (QED) is 0.483. The maximum atomic E-state index is 12.7. The molecular weight excluding hydrogens is 400 g/mol. The summed E-state index contributed by atoms with van der Waals surface area (Å²) in [4.78, 5) is 22.9. The van der Waals surface area contributed by atoms with Gasteiger partial charge in [0, 0.05) is 24.3 Å². The van der Waals surface area contributed by atoms with E-state index in [1.807, 2.05) is 54.6 Å². The Balaban J connectivity index is 1.45. The normalized spacial score (nSPS) is 12.8. The topological polar surface area (TPSA) is 67.4 Å². The minimum absolute atomic E-state index is 0.0390. The Bertz CT molecular complexity index is 1260. The van der Waals surface area contributed by atoms with E-state index < -0.39 is 0 Å². The van der Waals surface area contributed by atoms with Crippen molar-refractivity contribution in [3.8, 4) is 16.9 Å². The molecule has 0 bridgehead atoms. The summed E-state index contributed by atoms with van der Waals surface area (Å²) in [7, 11) is 0. The highest BCUT2D eigenvalue weighted by molar-refractivity contribution is 5.98. The number of nitrogens with zero attached hydrogens (tertiary/aromatic N) is 3. The van der Waals surface area contributed by atoms with Gasteiger partial charge < -0.3 is 15.0 Å². The third-order valence-electron chi connectivity index (χ3n) is 5.41. The number of carbonyl (C=O) groups is 1. The highest BCUT2D eigenvalue weighted by Gasteiger charge is 2.26. The number of pyridine rings is 2. The van der Waals surface area contributed by atoms with Crippen LogP contribution in [-0.2, 0) is 11.3 Å². The molecule has 0 saturated carbocycles. The van der Waals surface area contributed by atoms with Crippen LogP contribution in [0.2, 0.25) is 0 Å². The van der Waals surface area contributed by atoms with E-state index in [1.54, 1.807) is 23.5 Å². The summed E-state index contributed by atoms with van der Waals surface area (Å²) in [6, 6.07) is 21.9. The van der Waals surface area contributed by atoms with E-state index in [0.29, 0.717) is 12.3 Å². The molecule has 1 N–H and O–H groups in total. The monoisotopic (exact) mass is 422 g/mol. The van der Waals surface area contributed by atoms with Crippen molar-refractivity contribution in [1.82, 2.24) is 9.97 Å². The first-order chi connectivity index (χ1) is 15.7. The molecule has 2 aromatic carbocycles. The van der Waals surface area contributed by atoms with Gasteiger partial charge in [0.1, 0.15) is 11.6 Å². The predicted octanol–water partition coefficient (Wildman–Crippen LogP) is 5.12.